The van der Waals surface area contributed by atoms with Crippen molar-refractivity contribution in [2.45, 2.75) is 39.0 Å². The van der Waals surface area contributed by atoms with Crippen molar-refractivity contribution in [2.75, 3.05) is 17.3 Å². The molecule has 9 heteroatoms. The number of amides is 2. The van der Waals surface area contributed by atoms with E-state index in [9.17, 15) is 18.0 Å². The summed E-state index contributed by atoms with van der Waals surface area (Å²) in [5.41, 5.74) is 2.42. The Balaban J connectivity index is 1.67. The number of carbonyl (C=O) groups excluding carboxylic acids is 2. The van der Waals surface area contributed by atoms with Crippen LogP contribution in [0.3, 0.4) is 0 Å². The van der Waals surface area contributed by atoms with Crippen LogP contribution in [-0.2, 0) is 32.5 Å². The van der Waals surface area contributed by atoms with E-state index in [1.54, 1.807) is 6.07 Å². The van der Waals surface area contributed by atoms with Gasteiger partial charge in [-0.1, -0.05) is 37.3 Å². The smallest absolute Gasteiger partial charge is 0.408 e. The zero-order valence-electron chi connectivity index (χ0n) is 18.8. The van der Waals surface area contributed by atoms with Crippen molar-refractivity contribution in [3.63, 3.8) is 0 Å². The second-order valence-electron chi connectivity index (χ2n) is 7.95. The summed E-state index contributed by atoms with van der Waals surface area (Å²) < 4.78 is 30.6. The number of aromatic nitrogens is 1. The van der Waals surface area contributed by atoms with Crippen LogP contribution in [0.1, 0.15) is 25.3 Å². The van der Waals surface area contributed by atoms with E-state index in [4.69, 9.17) is 4.74 Å². The van der Waals surface area contributed by atoms with Crippen LogP contribution >= 0.6 is 0 Å². The number of benzene rings is 2. The van der Waals surface area contributed by atoms with Gasteiger partial charge in [-0.15, -0.1) is 0 Å². The van der Waals surface area contributed by atoms with Gasteiger partial charge >= 0.3 is 6.09 Å². The molecule has 1 atom stereocenters. The maximum atomic E-state index is 12.9. The largest absolute Gasteiger partial charge is 0.445 e. The van der Waals surface area contributed by atoms with Crippen molar-refractivity contribution in [1.82, 2.24) is 9.88 Å². The van der Waals surface area contributed by atoms with Crippen LogP contribution in [0.2, 0.25) is 0 Å². The minimum absolute atomic E-state index is 0.0402. The van der Waals surface area contributed by atoms with Crippen molar-refractivity contribution in [2.24, 2.45) is 0 Å². The van der Waals surface area contributed by atoms with Crippen LogP contribution in [-0.4, -0.2) is 43.0 Å². The van der Waals surface area contributed by atoms with Crippen molar-refractivity contribution in [3.05, 3.63) is 66.4 Å². The van der Waals surface area contributed by atoms with E-state index in [1.807, 2.05) is 54.7 Å². The number of alkyl carbamates (subject to hydrolysis) is 1. The number of aryl methyl sites for hydroxylation is 1. The predicted octanol–water partition coefficient (Wildman–Crippen LogP) is 3.72. The van der Waals surface area contributed by atoms with Gasteiger partial charge in [0.1, 0.15) is 22.5 Å². The number of fused-ring (bicyclic) bond motifs is 1. The number of hydrogen-bond acceptors (Lipinski definition) is 5. The Hall–Kier alpha value is -3.33. The van der Waals surface area contributed by atoms with E-state index in [-0.39, 0.29) is 18.8 Å². The summed E-state index contributed by atoms with van der Waals surface area (Å²) in [7, 11) is -3.32. The molecule has 0 aliphatic rings. The lowest BCUT2D eigenvalue weighted by atomic mass is 10.2. The quantitative estimate of drug-likeness (QED) is 0.469. The molecule has 3 rings (SSSR count). The summed E-state index contributed by atoms with van der Waals surface area (Å²) in [4.78, 5) is 25.2. The van der Waals surface area contributed by atoms with Crippen molar-refractivity contribution >= 4 is 38.4 Å². The van der Waals surface area contributed by atoms with E-state index < -0.39 is 27.9 Å². The molecule has 0 aliphatic heterocycles. The Morgan fingerprint density at radius 2 is 1.85 bits per heavy atom. The number of hydrogen-bond donors (Lipinski definition) is 2. The fourth-order valence-electron chi connectivity index (χ4n) is 3.45. The molecule has 1 heterocycles. The molecule has 33 heavy (non-hydrogen) atoms. The predicted molar refractivity (Wildman–Crippen MR) is 129 cm³/mol. The monoisotopic (exact) mass is 471 g/mol. The van der Waals surface area contributed by atoms with Gasteiger partial charge in [0.25, 0.3) is 0 Å². The molecule has 2 amide bonds. The first-order chi connectivity index (χ1) is 15.7. The molecule has 0 bridgehead atoms. The topological polar surface area (TPSA) is 107 Å². The third-order valence-corrected chi connectivity index (χ3v) is 6.08. The van der Waals surface area contributed by atoms with Crippen LogP contribution in [0, 0.1) is 0 Å². The fourth-order valence-corrected chi connectivity index (χ4v) is 4.11. The highest BCUT2D eigenvalue weighted by molar-refractivity contribution is 7.90. The van der Waals surface area contributed by atoms with Gasteiger partial charge in [0.2, 0.25) is 5.91 Å². The number of rotatable bonds is 10. The van der Waals surface area contributed by atoms with Crippen molar-refractivity contribution in [3.8, 4) is 0 Å². The first-order valence-electron chi connectivity index (χ1n) is 10.8. The lowest BCUT2D eigenvalue weighted by Gasteiger charge is -2.18. The average molecular weight is 472 g/mol. The van der Waals surface area contributed by atoms with Gasteiger partial charge in [-0.05, 0) is 42.7 Å². The highest BCUT2D eigenvalue weighted by Gasteiger charge is 2.23. The Labute approximate surface area is 193 Å². The van der Waals surface area contributed by atoms with Crippen LogP contribution in [0.4, 0.5) is 10.5 Å². The van der Waals surface area contributed by atoms with Gasteiger partial charge < -0.3 is 19.9 Å². The lowest BCUT2D eigenvalue weighted by Crippen LogP contribution is -2.45. The van der Waals surface area contributed by atoms with Crippen LogP contribution < -0.4 is 10.6 Å². The molecule has 1 aromatic heterocycles. The average Bonchev–Trinajstić information content (AvgIpc) is 3.17. The molecule has 176 valence electrons. The van der Waals surface area contributed by atoms with Crippen LogP contribution in [0.5, 0.6) is 0 Å². The van der Waals surface area contributed by atoms with Crippen LogP contribution in [0.25, 0.3) is 10.9 Å². The minimum Gasteiger partial charge on any atom is -0.445 e. The molecule has 2 aromatic carbocycles. The molecule has 1 unspecified atom stereocenters. The third kappa shape index (κ3) is 7.35. The number of nitrogens with one attached hydrogen (secondary N) is 2. The van der Waals surface area contributed by atoms with Gasteiger partial charge in [0.15, 0.2) is 0 Å². The number of anilines is 1. The van der Waals surface area contributed by atoms with Crippen molar-refractivity contribution in [1.29, 1.82) is 0 Å². The number of carbonyl (C=O) groups is 2. The minimum atomic E-state index is -3.32. The van der Waals surface area contributed by atoms with E-state index in [0.717, 1.165) is 35.7 Å². The molecule has 0 spiro atoms. The van der Waals surface area contributed by atoms with Gasteiger partial charge in [-0.2, -0.15) is 0 Å². The second kappa shape index (κ2) is 11.0. The molecule has 2 N–H and O–H groups in total. The van der Waals surface area contributed by atoms with Gasteiger partial charge in [-0.25, -0.2) is 13.2 Å². The number of sulfone groups is 1. The third-order valence-electron chi connectivity index (χ3n) is 5.10. The summed E-state index contributed by atoms with van der Waals surface area (Å²) in [5, 5.41) is 6.25. The molecule has 0 saturated carbocycles. The lowest BCUT2D eigenvalue weighted by molar-refractivity contribution is -0.118. The number of ether oxygens (including phenoxy) is 1. The zero-order chi connectivity index (χ0) is 23.8. The molecule has 0 saturated heterocycles. The van der Waals surface area contributed by atoms with Gasteiger partial charge in [-0.3, -0.25) is 4.79 Å². The first kappa shape index (κ1) is 24.3. The Morgan fingerprint density at radius 3 is 2.55 bits per heavy atom. The summed E-state index contributed by atoms with van der Waals surface area (Å²) in [6, 6.07) is 15.6. The second-order valence-corrected chi connectivity index (χ2v) is 10.2. The molecular formula is C24H29N3O5S. The Kier molecular flexibility index (Phi) is 8.11. The summed E-state index contributed by atoms with van der Waals surface area (Å²) in [6.45, 7) is 3.05. The molecule has 3 aromatic rings. The maximum absolute atomic E-state index is 12.9. The Bertz CT molecular complexity index is 1210. The van der Waals surface area contributed by atoms with Crippen molar-refractivity contribution < 1.29 is 22.7 Å². The molecular weight excluding hydrogens is 442 g/mol. The van der Waals surface area contributed by atoms with Crippen LogP contribution in [0.15, 0.2) is 60.8 Å². The van der Waals surface area contributed by atoms with Gasteiger partial charge in [0.05, 0.1) is 5.75 Å². The SMILES string of the molecule is CCCn1ccc2cc(NC(=O)C(CCS(C)(=O)=O)NC(=O)OCc3ccccc3)ccc21. The molecule has 0 fully saturated rings. The van der Waals surface area contributed by atoms with E-state index in [2.05, 4.69) is 22.1 Å². The van der Waals surface area contributed by atoms with E-state index in [0.29, 0.717) is 5.69 Å². The summed E-state index contributed by atoms with van der Waals surface area (Å²) >= 11 is 0. The molecule has 8 nitrogen and oxygen atoms in total. The maximum Gasteiger partial charge on any atom is 0.408 e. The summed E-state index contributed by atoms with van der Waals surface area (Å²) in [5.74, 6) is -0.759. The number of nitrogens with zero attached hydrogens (tertiary/aromatic N) is 1. The molecule has 0 radical (unpaired) electrons. The first-order valence-corrected chi connectivity index (χ1v) is 12.9. The fraction of sp³-hybridized carbons (Fsp3) is 0.333. The van der Waals surface area contributed by atoms with E-state index in [1.165, 1.54) is 0 Å². The highest BCUT2D eigenvalue weighted by Crippen LogP contribution is 2.21. The summed E-state index contributed by atoms with van der Waals surface area (Å²) in [6.07, 6.45) is 3.24. The standard InChI is InChI=1S/C24H29N3O5S/c1-3-13-27-14-11-19-16-20(9-10-22(19)27)25-23(28)21(12-15-33(2,30)31)26-24(29)32-17-18-7-5-4-6-8-18/h4-11,14,16,21H,3,12-13,15,17H2,1-2H3,(H,25,28)(H,26,29). The highest BCUT2D eigenvalue weighted by atomic mass is 32.2. The zero-order valence-corrected chi connectivity index (χ0v) is 19.6. The molecule has 0 aliphatic carbocycles. The van der Waals surface area contributed by atoms with Gasteiger partial charge in [0, 0.05) is 35.6 Å². The normalized spacial score (nSPS) is 12.3. The van der Waals surface area contributed by atoms with E-state index >= 15 is 0 Å². The Morgan fingerprint density at radius 1 is 1.09 bits per heavy atom.